The lowest BCUT2D eigenvalue weighted by molar-refractivity contribution is -0.132. The van der Waals surface area contributed by atoms with Gasteiger partial charge in [-0.15, -0.1) is 0 Å². The molecule has 0 heterocycles. The lowest BCUT2D eigenvalue weighted by Crippen LogP contribution is -2.22. The zero-order valence-corrected chi connectivity index (χ0v) is 4.72. The molecular weight excluding hydrogens is 104 g/mol. The maximum Gasteiger partial charge on any atom is 0.164 e. The summed E-state index contributed by atoms with van der Waals surface area (Å²) in [6, 6.07) is 0. The molecule has 1 fully saturated rings. The van der Waals surface area contributed by atoms with Gasteiger partial charge in [-0.25, -0.2) is 5.11 Å². The van der Waals surface area contributed by atoms with E-state index in [4.69, 9.17) is 0 Å². The number of carbonyl (C=O) groups is 1. The molecule has 0 aliphatic heterocycles. The molecule has 1 saturated carbocycles. The number of hydrogen-bond donors (Lipinski definition) is 0. The van der Waals surface area contributed by atoms with Crippen LogP contribution < -0.4 is 0 Å². The zero-order valence-electron chi connectivity index (χ0n) is 4.72. The van der Waals surface area contributed by atoms with Crippen LogP contribution in [-0.4, -0.2) is 11.9 Å². The van der Waals surface area contributed by atoms with Gasteiger partial charge in [0.1, 0.15) is 0 Å². The molecule has 1 radical (unpaired) electrons. The quantitative estimate of drug-likeness (QED) is 0.460. The molecule has 0 aromatic carbocycles. The van der Waals surface area contributed by atoms with Crippen molar-refractivity contribution in [1.82, 2.24) is 0 Å². The van der Waals surface area contributed by atoms with Crippen LogP contribution in [0.5, 0.6) is 0 Å². The first-order valence-corrected chi connectivity index (χ1v) is 2.99. The van der Waals surface area contributed by atoms with Crippen LogP contribution in [0.2, 0.25) is 0 Å². The lowest BCUT2D eigenvalue weighted by atomic mass is 9.97. The summed E-state index contributed by atoms with van der Waals surface area (Å²) in [6.07, 6.45) is 2.08. The molecule has 2 heteroatoms. The predicted octanol–water partition coefficient (Wildman–Crippen LogP) is 0.929. The van der Waals surface area contributed by atoms with Crippen LogP contribution in [0.4, 0.5) is 0 Å². The highest BCUT2D eigenvalue weighted by Gasteiger charge is 2.19. The van der Waals surface area contributed by atoms with Gasteiger partial charge in [0.05, 0.1) is 0 Å². The average Bonchev–Trinajstić information content (AvgIpc) is 1.77. The van der Waals surface area contributed by atoms with Gasteiger partial charge in [0.2, 0.25) is 0 Å². The summed E-state index contributed by atoms with van der Waals surface area (Å²) in [5, 5.41) is 10.5. The number of Topliss-reactive ketones (excluding diaryl/α,β-unsaturated/α-hetero) is 1. The van der Waals surface area contributed by atoms with Gasteiger partial charge in [0, 0.05) is 6.42 Å². The van der Waals surface area contributed by atoms with E-state index < -0.39 is 6.10 Å². The number of rotatable bonds is 0. The second-order valence-electron chi connectivity index (χ2n) is 2.20. The van der Waals surface area contributed by atoms with E-state index in [0.717, 1.165) is 12.8 Å². The van der Waals surface area contributed by atoms with Crippen LogP contribution in [0.1, 0.15) is 25.7 Å². The summed E-state index contributed by atoms with van der Waals surface area (Å²) < 4.78 is 0. The fourth-order valence-corrected chi connectivity index (χ4v) is 0.951. The van der Waals surface area contributed by atoms with Crippen molar-refractivity contribution in [3.63, 3.8) is 0 Å². The minimum atomic E-state index is -0.885. The molecule has 0 bridgehead atoms. The van der Waals surface area contributed by atoms with Crippen molar-refractivity contribution >= 4 is 5.78 Å². The molecule has 1 unspecified atom stereocenters. The van der Waals surface area contributed by atoms with Gasteiger partial charge in [-0.05, 0) is 19.3 Å². The van der Waals surface area contributed by atoms with Crippen LogP contribution in [0.3, 0.4) is 0 Å². The van der Waals surface area contributed by atoms with Crippen molar-refractivity contribution < 1.29 is 9.90 Å². The minimum absolute atomic E-state index is 0.0868. The van der Waals surface area contributed by atoms with Gasteiger partial charge in [-0.2, -0.15) is 0 Å². The van der Waals surface area contributed by atoms with E-state index in [9.17, 15) is 9.90 Å². The van der Waals surface area contributed by atoms with Gasteiger partial charge >= 0.3 is 0 Å². The van der Waals surface area contributed by atoms with Crippen LogP contribution in [0.25, 0.3) is 0 Å². The largest absolute Gasteiger partial charge is 0.297 e. The highest BCUT2D eigenvalue weighted by Crippen LogP contribution is 2.13. The van der Waals surface area contributed by atoms with Gasteiger partial charge in [-0.1, -0.05) is 0 Å². The molecule has 0 aromatic heterocycles. The van der Waals surface area contributed by atoms with Gasteiger partial charge in [0.15, 0.2) is 11.9 Å². The summed E-state index contributed by atoms with van der Waals surface area (Å²) in [7, 11) is 0. The third-order valence-corrected chi connectivity index (χ3v) is 1.50. The first-order chi connectivity index (χ1) is 3.80. The van der Waals surface area contributed by atoms with Gasteiger partial charge in [0.25, 0.3) is 0 Å². The van der Waals surface area contributed by atoms with Crippen molar-refractivity contribution in [3.8, 4) is 0 Å². The van der Waals surface area contributed by atoms with Crippen LogP contribution in [0.15, 0.2) is 0 Å². The van der Waals surface area contributed by atoms with Crippen LogP contribution in [0, 0.1) is 0 Å². The van der Waals surface area contributed by atoms with Crippen LogP contribution >= 0.6 is 0 Å². The van der Waals surface area contributed by atoms with E-state index >= 15 is 0 Å². The van der Waals surface area contributed by atoms with E-state index in [2.05, 4.69) is 0 Å². The molecule has 1 rings (SSSR count). The number of ketones is 1. The Morgan fingerprint density at radius 2 is 2.12 bits per heavy atom. The first kappa shape index (κ1) is 5.76. The molecule has 45 valence electrons. The van der Waals surface area contributed by atoms with E-state index in [1.165, 1.54) is 0 Å². The molecular formula is C6H9O2. The Bertz CT molecular complexity index is 98.7. The van der Waals surface area contributed by atoms with Crippen molar-refractivity contribution in [2.75, 3.05) is 0 Å². The maximum absolute atomic E-state index is 10.5. The number of hydrogen-bond acceptors (Lipinski definition) is 1. The molecule has 0 aromatic rings. The maximum atomic E-state index is 10.5. The molecule has 0 N–H and O–H groups in total. The number of carbonyl (C=O) groups excluding carboxylic acids is 1. The fraction of sp³-hybridized carbons (Fsp3) is 0.833. The topological polar surface area (TPSA) is 37.0 Å². The Morgan fingerprint density at radius 1 is 1.38 bits per heavy atom. The Morgan fingerprint density at radius 3 is 2.50 bits per heavy atom. The summed E-state index contributed by atoms with van der Waals surface area (Å²) >= 11 is 0. The highest BCUT2D eigenvalue weighted by atomic mass is 16.3. The van der Waals surface area contributed by atoms with Crippen molar-refractivity contribution in [1.29, 1.82) is 0 Å². The van der Waals surface area contributed by atoms with Crippen molar-refractivity contribution in [3.05, 3.63) is 0 Å². The summed E-state index contributed by atoms with van der Waals surface area (Å²) in [6.45, 7) is 0. The molecule has 2 nitrogen and oxygen atoms in total. The smallest absolute Gasteiger partial charge is 0.164 e. The average molecular weight is 113 g/mol. The SMILES string of the molecule is [O]C1CCCCC1=O. The Hall–Kier alpha value is -0.370. The monoisotopic (exact) mass is 113 g/mol. The molecule has 1 atom stereocenters. The van der Waals surface area contributed by atoms with E-state index in [-0.39, 0.29) is 5.78 Å². The Balaban J connectivity index is 2.39. The van der Waals surface area contributed by atoms with Gasteiger partial charge < -0.3 is 0 Å². The molecule has 0 spiro atoms. The van der Waals surface area contributed by atoms with Crippen molar-refractivity contribution in [2.45, 2.75) is 31.8 Å². The zero-order chi connectivity index (χ0) is 5.98. The van der Waals surface area contributed by atoms with Gasteiger partial charge in [-0.3, -0.25) is 4.79 Å². The first-order valence-electron chi connectivity index (χ1n) is 2.99. The molecule has 1 aliphatic rings. The lowest BCUT2D eigenvalue weighted by Gasteiger charge is -2.11. The predicted molar refractivity (Wildman–Crippen MR) is 27.9 cm³/mol. The second-order valence-corrected chi connectivity index (χ2v) is 2.20. The minimum Gasteiger partial charge on any atom is -0.297 e. The molecule has 0 amide bonds. The Labute approximate surface area is 48.5 Å². The normalized spacial score (nSPS) is 30.6. The van der Waals surface area contributed by atoms with E-state index in [1.807, 2.05) is 0 Å². The standard InChI is InChI=1S/C6H9O2/c7-5-3-1-2-4-6(5)8/h5H,1-4H2. The third-order valence-electron chi connectivity index (χ3n) is 1.50. The van der Waals surface area contributed by atoms with E-state index in [0.29, 0.717) is 12.8 Å². The second kappa shape index (κ2) is 2.27. The summed E-state index contributed by atoms with van der Waals surface area (Å²) in [5.41, 5.74) is 0. The van der Waals surface area contributed by atoms with Crippen LogP contribution in [-0.2, 0) is 9.90 Å². The third kappa shape index (κ3) is 1.07. The molecule has 8 heavy (non-hydrogen) atoms. The molecule has 1 aliphatic carbocycles. The summed E-state index contributed by atoms with van der Waals surface area (Å²) in [5.74, 6) is -0.0868. The van der Waals surface area contributed by atoms with E-state index in [1.54, 1.807) is 0 Å². The fourth-order valence-electron chi connectivity index (χ4n) is 0.951. The summed E-state index contributed by atoms with van der Waals surface area (Å²) in [4.78, 5) is 10.5. The Kier molecular flexibility index (Phi) is 1.63. The highest BCUT2D eigenvalue weighted by molar-refractivity contribution is 5.83. The molecule has 0 saturated heterocycles. The van der Waals surface area contributed by atoms with Crippen molar-refractivity contribution in [2.24, 2.45) is 0 Å².